The van der Waals surface area contributed by atoms with Crippen LogP contribution >= 0.6 is 0 Å². The molecule has 1 atom stereocenters. The predicted octanol–water partition coefficient (Wildman–Crippen LogP) is 2.74. The smallest absolute Gasteiger partial charge is 0.0945 e. The third-order valence-corrected chi connectivity index (χ3v) is 2.97. The van der Waals surface area contributed by atoms with Crippen molar-refractivity contribution in [1.29, 1.82) is 0 Å². The second-order valence-corrected chi connectivity index (χ2v) is 5.87. The largest absolute Gasteiger partial charge is 0.375 e. The summed E-state index contributed by atoms with van der Waals surface area (Å²) in [6.45, 7) is 9.48. The van der Waals surface area contributed by atoms with Gasteiger partial charge in [-0.25, -0.2) is 0 Å². The van der Waals surface area contributed by atoms with Crippen LogP contribution in [0.15, 0.2) is 30.3 Å². The fourth-order valence-corrected chi connectivity index (χ4v) is 1.91. The van der Waals surface area contributed by atoms with Gasteiger partial charge in [-0.1, -0.05) is 30.3 Å². The van der Waals surface area contributed by atoms with E-state index in [0.29, 0.717) is 0 Å². The first-order valence-electron chi connectivity index (χ1n) is 7.06. The van der Waals surface area contributed by atoms with Gasteiger partial charge in [-0.15, -0.1) is 0 Å². The average Bonchev–Trinajstić information content (AvgIpc) is 2.38. The van der Waals surface area contributed by atoms with Crippen molar-refractivity contribution in [3.63, 3.8) is 0 Å². The zero-order chi connectivity index (χ0) is 14.1. The Bertz CT molecular complexity index is 332. The van der Waals surface area contributed by atoms with Crippen LogP contribution in [0.1, 0.15) is 38.9 Å². The molecule has 0 aromatic heterocycles. The second-order valence-electron chi connectivity index (χ2n) is 5.87. The summed E-state index contributed by atoms with van der Waals surface area (Å²) in [5, 5.41) is 6.94. The Morgan fingerprint density at radius 2 is 1.79 bits per heavy atom. The van der Waals surface area contributed by atoms with Gasteiger partial charge in [-0.3, -0.25) is 0 Å². The topological polar surface area (TPSA) is 33.3 Å². The molecule has 3 heteroatoms. The van der Waals surface area contributed by atoms with E-state index < -0.39 is 0 Å². The Morgan fingerprint density at radius 3 is 2.37 bits per heavy atom. The standard InChI is InChI=1S/C16H28N2O/c1-16(2,3)18-12-8-11-17-13-15(19-4)14-9-6-5-7-10-14/h5-7,9-10,15,17-18H,8,11-13H2,1-4H3. The van der Waals surface area contributed by atoms with E-state index in [1.165, 1.54) is 5.56 Å². The van der Waals surface area contributed by atoms with Crippen LogP contribution in [0.4, 0.5) is 0 Å². The monoisotopic (exact) mass is 264 g/mol. The fraction of sp³-hybridized carbons (Fsp3) is 0.625. The Hall–Kier alpha value is -0.900. The van der Waals surface area contributed by atoms with E-state index in [0.717, 1.165) is 26.1 Å². The van der Waals surface area contributed by atoms with Crippen molar-refractivity contribution in [2.75, 3.05) is 26.7 Å². The Morgan fingerprint density at radius 1 is 1.11 bits per heavy atom. The number of methoxy groups -OCH3 is 1. The van der Waals surface area contributed by atoms with Crippen LogP contribution in [-0.4, -0.2) is 32.3 Å². The van der Waals surface area contributed by atoms with E-state index in [-0.39, 0.29) is 11.6 Å². The van der Waals surface area contributed by atoms with Crippen LogP contribution in [0.2, 0.25) is 0 Å². The molecular formula is C16H28N2O. The summed E-state index contributed by atoms with van der Waals surface area (Å²) in [5.41, 5.74) is 1.43. The molecule has 1 aromatic carbocycles. The lowest BCUT2D eigenvalue weighted by molar-refractivity contribution is 0.102. The maximum atomic E-state index is 5.52. The molecule has 2 N–H and O–H groups in total. The van der Waals surface area contributed by atoms with Crippen LogP contribution < -0.4 is 10.6 Å². The first kappa shape index (κ1) is 16.2. The van der Waals surface area contributed by atoms with Gasteiger partial charge in [0.15, 0.2) is 0 Å². The van der Waals surface area contributed by atoms with Gasteiger partial charge in [0.1, 0.15) is 0 Å². The predicted molar refractivity (Wildman–Crippen MR) is 81.4 cm³/mol. The summed E-state index contributed by atoms with van der Waals surface area (Å²) in [4.78, 5) is 0. The summed E-state index contributed by atoms with van der Waals surface area (Å²) in [5.74, 6) is 0. The van der Waals surface area contributed by atoms with Gasteiger partial charge in [0.05, 0.1) is 6.10 Å². The number of benzene rings is 1. The fourth-order valence-electron chi connectivity index (χ4n) is 1.91. The molecule has 0 aliphatic heterocycles. The maximum absolute atomic E-state index is 5.52. The van der Waals surface area contributed by atoms with Crippen molar-refractivity contribution < 1.29 is 4.74 Å². The van der Waals surface area contributed by atoms with Crippen molar-refractivity contribution in [3.8, 4) is 0 Å². The van der Waals surface area contributed by atoms with Crippen LogP contribution in [0.25, 0.3) is 0 Å². The molecule has 0 heterocycles. The highest BCUT2D eigenvalue weighted by atomic mass is 16.5. The number of rotatable bonds is 8. The normalized spacial score (nSPS) is 13.5. The molecule has 0 aliphatic rings. The lowest BCUT2D eigenvalue weighted by Crippen LogP contribution is -2.37. The highest BCUT2D eigenvalue weighted by molar-refractivity contribution is 5.17. The number of hydrogen-bond donors (Lipinski definition) is 2. The van der Waals surface area contributed by atoms with E-state index in [1.54, 1.807) is 7.11 Å². The van der Waals surface area contributed by atoms with E-state index in [9.17, 15) is 0 Å². The molecule has 0 fully saturated rings. The Kier molecular flexibility index (Phi) is 7.06. The molecular weight excluding hydrogens is 236 g/mol. The zero-order valence-electron chi connectivity index (χ0n) is 12.7. The average molecular weight is 264 g/mol. The van der Waals surface area contributed by atoms with Gasteiger partial charge in [0.25, 0.3) is 0 Å². The molecule has 0 saturated heterocycles. The molecule has 0 radical (unpaired) electrons. The molecule has 19 heavy (non-hydrogen) atoms. The summed E-state index contributed by atoms with van der Waals surface area (Å²) >= 11 is 0. The van der Waals surface area contributed by atoms with E-state index in [2.05, 4.69) is 55.7 Å². The van der Waals surface area contributed by atoms with Crippen molar-refractivity contribution in [2.24, 2.45) is 0 Å². The van der Waals surface area contributed by atoms with E-state index in [1.807, 2.05) is 6.07 Å². The van der Waals surface area contributed by atoms with Crippen LogP contribution in [0.3, 0.4) is 0 Å². The van der Waals surface area contributed by atoms with Gasteiger partial charge in [0.2, 0.25) is 0 Å². The number of ether oxygens (including phenoxy) is 1. The molecule has 1 rings (SSSR count). The maximum Gasteiger partial charge on any atom is 0.0945 e. The van der Waals surface area contributed by atoms with E-state index >= 15 is 0 Å². The molecule has 0 saturated carbocycles. The lowest BCUT2D eigenvalue weighted by Gasteiger charge is -2.21. The van der Waals surface area contributed by atoms with E-state index in [4.69, 9.17) is 4.74 Å². The third-order valence-electron chi connectivity index (χ3n) is 2.97. The molecule has 108 valence electrons. The Balaban J connectivity index is 2.17. The molecule has 0 bridgehead atoms. The number of hydrogen-bond acceptors (Lipinski definition) is 3. The van der Waals surface area contributed by atoms with Gasteiger partial charge >= 0.3 is 0 Å². The third kappa shape index (κ3) is 7.31. The quantitative estimate of drug-likeness (QED) is 0.708. The Labute approximate surface area is 117 Å². The summed E-state index contributed by atoms with van der Waals surface area (Å²) < 4.78 is 5.52. The summed E-state index contributed by atoms with van der Waals surface area (Å²) in [6, 6.07) is 10.3. The van der Waals surface area contributed by atoms with Crippen molar-refractivity contribution in [3.05, 3.63) is 35.9 Å². The minimum Gasteiger partial charge on any atom is -0.375 e. The van der Waals surface area contributed by atoms with Crippen molar-refractivity contribution in [1.82, 2.24) is 10.6 Å². The summed E-state index contributed by atoms with van der Waals surface area (Å²) in [6.07, 6.45) is 1.26. The molecule has 0 spiro atoms. The van der Waals surface area contributed by atoms with Crippen molar-refractivity contribution >= 4 is 0 Å². The molecule has 3 nitrogen and oxygen atoms in total. The van der Waals surface area contributed by atoms with Gasteiger partial charge in [-0.2, -0.15) is 0 Å². The molecule has 1 aromatic rings. The molecule has 0 aliphatic carbocycles. The van der Waals surface area contributed by atoms with Gasteiger partial charge in [-0.05, 0) is 45.8 Å². The minimum absolute atomic E-state index is 0.136. The van der Waals surface area contributed by atoms with Crippen LogP contribution in [0.5, 0.6) is 0 Å². The summed E-state index contributed by atoms with van der Waals surface area (Å²) in [7, 11) is 1.76. The highest BCUT2D eigenvalue weighted by Crippen LogP contribution is 2.14. The lowest BCUT2D eigenvalue weighted by atomic mass is 10.1. The van der Waals surface area contributed by atoms with Gasteiger partial charge in [0, 0.05) is 19.2 Å². The molecule has 1 unspecified atom stereocenters. The SMILES string of the molecule is COC(CNCCCNC(C)(C)C)c1ccccc1. The van der Waals surface area contributed by atoms with Crippen LogP contribution in [-0.2, 0) is 4.74 Å². The van der Waals surface area contributed by atoms with Crippen LogP contribution in [0, 0.1) is 0 Å². The first-order valence-corrected chi connectivity index (χ1v) is 7.06. The minimum atomic E-state index is 0.136. The zero-order valence-corrected chi connectivity index (χ0v) is 12.7. The first-order chi connectivity index (χ1) is 9.03. The highest BCUT2D eigenvalue weighted by Gasteiger charge is 2.09. The number of nitrogens with one attached hydrogen (secondary N) is 2. The second kappa shape index (κ2) is 8.31. The van der Waals surface area contributed by atoms with Gasteiger partial charge < -0.3 is 15.4 Å². The molecule has 0 amide bonds. The van der Waals surface area contributed by atoms with Crippen molar-refractivity contribution in [2.45, 2.75) is 38.8 Å².